The average Bonchev–Trinajstić information content (AvgIpc) is 2.87. The number of rotatable bonds is 3. The molecule has 2 N–H and O–H groups in total. The van der Waals surface area contributed by atoms with Gasteiger partial charge >= 0.3 is 0 Å². The standard InChI is InChI=1S/C8H12N4O2/c13-8(6-2-1-3-9-6)10-4-7-11-5-14-12-7/h5-6,9H,1-4H2,(H,10,13)/t6-/m1/s1. The fraction of sp³-hybridized carbons (Fsp3) is 0.625. The van der Waals surface area contributed by atoms with E-state index in [1.807, 2.05) is 0 Å². The minimum Gasteiger partial charge on any atom is -0.347 e. The van der Waals surface area contributed by atoms with Crippen LogP contribution >= 0.6 is 0 Å². The van der Waals surface area contributed by atoms with E-state index in [0.717, 1.165) is 19.4 Å². The lowest BCUT2D eigenvalue weighted by Crippen LogP contribution is -2.40. The van der Waals surface area contributed by atoms with Crippen molar-refractivity contribution in [2.45, 2.75) is 25.4 Å². The number of nitrogens with zero attached hydrogens (tertiary/aromatic N) is 2. The molecule has 1 saturated heterocycles. The van der Waals surface area contributed by atoms with Crippen LogP contribution in [0.3, 0.4) is 0 Å². The minimum atomic E-state index is -0.0538. The first-order valence-corrected chi connectivity index (χ1v) is 4.62. The maximum Gasteiger partial charge on any atom is 0.237 e. The topological polar surface area (TPSA) is 80.1 Å². The van der Waals surface area contributed by atoms with Crippen LogP contribution < -0.4 is 10.6 Å². The molecule has 0 spiro atoms. The van der Waals surface area contributed by atoms with Crippen LogP contribution in [0.5, 0.6) is 0 Å². The lowest BCUT2D eigenvalue weighted by Gasteiger charge is -2.08. The number of hydrogen-bond acceptors (Lipinski definition) is 5. The van der Waals surface area contributed by atoms with Gasteiger partial charge in [-0.15, -0.1) is 0 Å². The van der Waals surface area contributed by atoms with Crippen LogP contribution in [0.4, 0.5) is 0 Å². The van der Waals surface area contributed by atoms with E-state index < -0.39 is 0 Å². The highest BCUT2D eigenvalue weighted by molar-refractivity contribution is 5.81. The van der Waals surface area contributed by atoms with Gasteiger partial charge in [0.25, 0.3) is 0 Å². The first-order valence-electron chi connectivity index (χ1n) is 4.62. The normalized spacial score (nSPS) is 21.0. The molecule has 0 radical (unpaired) electrons. The predicted molar refractivity (Wildman–Crippen MR) is 47.2 cm³/mol. The Hall–Kier alpha value is -1.43. The van der Waals surface area contributed by atoms with Gasteiger partial charge in [0.15, 0.2) is 5.82 Å². The van der Waals surface area contributed by atoms with E-state index in [1.54, 1.807) is 0 Å². The van der Waals surface area contributed by atoms with Crippen LogP contribution in [0.2, 0.25) is 0 Å². The fourth-order valence-electron chi connectivity index (χ4n) is 1.47. The fourth-order valence-corrected chi connectivity index (χ4v) is 1.47. The molecule has 6 nitrogen and oxygen atoms in total. The number of carbonyl (C=O) groups is 1. The van der Waals surface area contributed by atoms with E-state index in [9.17, 15) is 4.79 Å². The van der Waals surface area contributed by atoms with Crippen molar-refractivity contribution in [3.05, 3.63) is 12.2 Å². The van der Waals surface area contributed by atoms with Crippen LogP contribution in [-0.2, 0) is 11.3 Å². The smallest absolute Gasteiger partial charge is 0.237 e. The Kier molecular flexibility index (Phi) is 2.73. The van der Waals surface area contributed by atoms with Crippen molar-refractivity contribution in [1.29, 1.82) is 0 Å². The Morgan fingerprint density at radius 3 is 3.36 bits per heavy atom. The largest absolute Gasteiger partial charge is 0.347 e. The molecule has 6 heteroatoms. The van der Waals surface area contributed by atoms with E-state index in [1.165, 1.54) is 6.39 Å². The summed E-state index contributed by atoms with van der Waals surface area (Å²) in [5, 5.41) is 9.44. The molecule has 0 unspecified atom stereocenters. The first-order chi connectivity index (χ1) is 6.86. The third-order valence-electron chi connectivity index (χ3n) is 2.20. The summed E-state index contributed by atoms with van der Waals surface area (Å²) in [6, 6.07) is -0.0538. The highest BCUT2D eigenvalue weighted by atomic mass is 16.5. The Morgan fingerprint density at radius 2 is 2.71 bits per heavy atom. The van der Waals surface area contributed by atoms with E-state index in [2.05, 4.69) is 25.3 Å². The van der Waals surface area contributed by atoms with Gasteiger partial charge in [0.1, 0.15) is 0 Å². The molecule has 14 heavy (non-hydrogen) atoms. The highest BCUT2D eigenvalue weighted by Crippen LogP contribution is 2.04. The lowest BCUT2D eigenvalue weighted by molar-refractivity contribution is -0.123. The molecular weight excluding hydrogens is 184 g/mol. The van der Waals surface area contributed by atoms with E-state index in [-0.39, 0.29) is 11.9 Å². The van der Waals surface area contributed by atoms with Crippen LogP contribution in [0, 0.1) is 0 Å². The van der Waals surface area contributed by atoms with Gasteiger partial charge in [-0.1, -0.05) is 5.16 Å². The molecule has 0 bridgehead atoms. The summed E-state index contributed by atoms with van der Waals surface area (Å²) in [5.41, 5.74) is 0. The molecule has 1 aliphatic heterocycles. The lowest BCUT2D eigenvalue weighted by atomic mass is 10.2. The monoisotopic (exact) mass is 196 g/mol. The molecule has 0 aromatic carbocycles. The van der Waals surface area contributed by atoms with Gasteiger partial charge in [-0.25, -0.2) is 0 Å². The van der Waals surface area contributed by atoms with E-state index in [4.69, 9.17) is 0 Å². The summed E-state index contributed by atoms with van der Waals surface area (Å²) in [4.78, 5) is 15.3. The zero-order valence-corrected chi connectivity index (χ0v) is 7.69. The van der Waals surface area contributed by atoms with Gasteiger partial charge in [-0.3, -0.25) is 4.79 Å². The maximum absolute atomic E-state index is 11.5. The maximum atomic E-state index is 11.5. The molecule has 76 valence electrons. The van der Waals surface area contributed by atoms with Crippen molar-refractivity contribution in [2.75, 3.05) is 6.54 Å². The molecule has 0 aliphatic carbocycles. The van der Waals surface area contributed by atoms with Gasteiger partial charge < -0.3 is 15.2 Å². The zero-order valence-electron chi connectivity index (χ0n) is 7.69. The predicted octanol–water partition coefficient (Wildman–Crippen LogP) is -0.562. The van der Waals surface area contributed by atoms with Crippen molar-refractivity contribution in [3.8, 4) is 0 Å². The van der Waals surface area contributed by atoms with E-state index >= 15 is 0 Å². The number of aromatic nitrogens is 2. The Bertz CT molecular complexity index is 292. The van der Waals surface area contributed by atoms with Crippen molar-refractivity contribution >= 4 is 5.91 Å². The Balaban J connectivity index is 1.77. The summed E-state index contributed by atoms with van der Waals surface area (Å²) < 4.78 is 4.54. The summed E-state index contributed by atoms with van der Waals surface area (Å²) in [6.07, 6.45) is 3.20. The third kappa shape index (κ3) is 2.08. The summed E-state index contributed by atoms with van der Waals surface area (Å²) >= 11 is 0. The number of carbonyl (C=O) groups excluding carboxylic acids is 1. The number of hydrogen-bond donors (Lipinski definition) is 2. The second-order valence-electron chi connectivity index (χ2n) is 3.21. The summed E-state index contributed by atoms with van der Waals surface area (Å²) in [5.74, 6) is 0.503. The quantitative estimate of drug-likeness (QED) is 0.677. The number of amides is 1. The first kappa shape index (κ1) is 9.14. The van der Waals surface area contributed by atoms with Gasteiger partial charge in [0.05, 0.1) is 12.6 Å². The molecule has 1 aromatic rings. The van der Waals surface area contributed by atoms with Crippen molar-refractivity contribution in [2.24, 2.45) is 0 Å². The van der Waals surface area contributed by atoms with Crippen molar-refractivity contribution in [1.82, 2.24) is 20.8 Å². The molecular formula is C8H12N4O2. The third-order valence-corrected chi connectivity index (χ3v) is 2.20. The van der Waals surface area contributed by atoms with E-state index in [0.29, 0.717) is 12.4 Å². The second kappa shape index (κ2) is 4.19. The van der Waals surface area contributed by atoms with Gasteiger partial charge in [0.2, 0.25) is 12.3 Å². The van der Waals surface area contributed by atoms with Crippen LogP contribution in [-0.4, -0.2) is 28.6 Å². The van der Waals surface area contributed by atoms with Gasteiger partial charge in [-0.2, -0.15) is 4.98 Å². The van der Waals surface area contributed by atoms with Crippen molar-refractivity contribution < 1.29 is 9.32 Å². The SMILES string of the molecule is O=C(NCc1ncon1)[C@H]1CCCN1. The van der Waals surface area contributed by atoms with Crippen LogP contribution in [0.1, 0.15) is 18.7 Å². The summed E-state index contributed by atoms with van der Waals surface area (Å²) in [7, 11) is 0. The highest BCUT2D eigenvalue weighted by Gasteiger charge is 2.21. The molecule has 1 fully saturated rings. The van der Waals surface area contributed by atoms with Crippen LogP contribution in [0.25, 0.3) is 0 Å². The molecule has 2 rings (SSSR count). The Labute approximate surface area is 81.1 Å². The minimum absolute atomic E-state index is 0.00676. The second-order valence-corrected chi connectivity index (χ2v) is 3.21. The van der Waals surface area contributed by atoms with Gasteiger partial charge in [0, 0.05) is 0 Å². The van der Waals surface area contributed by atoms with Gasteiger partial charge in [-0.05, 0) is 19.4 Å². The molecule has 0 saturated carbocycles. The molecule has 1 atom stereocenters. The zero-order chi connectivity index (χ0) is 9.80. The van der Waals surface area contributed by atoms with Crippen LogP contribution in [0.15, 0.2) is 10.9 Å². The number of nitrogens with one attached hydrogen (secondary N) is 2. The van der Waals surface area contributed by atoms with Crippen molar-refractivity contribution in [3.63, 3.8) is 0 Å². The molecule has 1 aromatic heterocycles. The molecule has 2 heterocycles. The molecule has 1 amide bonds. The average molecular weight is 196 g/mol. The molecule has 1 aliphatic rings. The Morgan fingerprint density at radius 1 is 1.79 bits per heavy atom. The summed E-state index contributed by atoms with van der Waals surface area (Å²) in [6.45, 7) is 1.24.